The largest absolute Gasteiger partial charge is 0.507 e. The molecule has 6 heteroatoms. The number of hydrogen-bond donors (Lipinski definition) is 2. The molecule has 0 heterocycles. The topological polar surface area (TPSA) is 101 Å². The standard InChI is InChI=1S/C15H8O6/c16-6-21-7-4-9-13(11(18)5-7)15(20)12-8(14(9)19)2-1-3-10(12)17/h1-6,17-18H. The van der Waals surface area contributed by atoms with Crippen molar-refractivity contribution in [3.8, 4) is 17.2 Å². The van der Waals surface area contributed by atoms with Gasteiger partial charge in [-0.3, -0.25) is 14.4 Å². The van der Waals surface area contributed by atoms with Crippen LogP contribution in [0.2, 0.25) is 0 Å². The Morgan fingerprint density at radius 2 is 1.62 bits per heavy atom. The van der Waals surface area contributed by atoms with Crippen molar-refractivity contribution < 1.29 is 29.3 Å². The van der Waals surface area contributed by atoms with E-state index in [-0.39, 0.29) is 40.2 Å². The van der Waals surface area contributed by atoms with Crippen molar-refractivity contribution in [1.29, 1.82) is 0 Å². The fraction of sp³-hybridized carbons (Fsp3) is 0. The van der Waals surface area contributed by atoms with Gasteiger partial charge in [0.05, 0.1) is 11.1 Å². The van der Waals surface area contributed by atoms with Gasteiger partial charge in [-0.2, -0.15) is 0 Å². The maximum absolute atomic E-state index is 12.4. The molecule has 1 aliphatic rings. The van der Waals surface area contributed by atoms with Crippen molar-refractivity contribution in [2.24, 2.45) is 0 Å². The number of phenolic OH excluding ortho intramolecular Hbond substituents is 2. The lowest BCUT2D eigenvalue weighted by molar-refractivity contribution is -0.120. The van der Waals surface area contributed by atoms with Crippen LogP contribution in [0.15, 0.2) is 30.3 Å². The van der Waals surface area contributed by atoms with Gasteiger partial charge in [-0.15, -0.1) is 0 Å². The van der Waals surface area contributed by atoms with Crippen molar-refractivity contribution in [1.82, 2.24) is 0 Å². The zero-order valence-electron chi connectivity index (χ0n) is 10.5. The van der Waals surface area contributed by atoms with Gasteiger partial charge in [-0.1, -0.05) is 12.1 Å². The van der Waals surface area contributed by atoms with Crippen molar-refractivity contribution in [3.05, 3.63) is 52.6 Å². The number of ether oxygens (including phenoxy) is 1. The van der Waals surface area contributed by atoms with E-state index in [9.17, 15) is 24.6 Å². The molecule has 0 spiro atoms. The molecule has 0 saturated heterocycles. The van der Waals surface area contributed by atoms with E-state index in [1.54, 1.807) is 0 Å². The van der Waals surface area contributed by atoms with Gasteiger partial charge in [0, 0.05) is 17.2 Å². The van der Waals surface area contributed by atoms with Gasteiger partial charge in [0.1, 0.15) is 17.2 Å². The fourth-order valence-corrected chi connectivity index (χ4v) is 2.38. The van der Waals surface area contributed by atoms with E-state index in [1.807, 2.05) is 0 Å². The Balaban J connectivity index is 2.30. The highest BCUT2D eigenvalue weighted by molar-refractivity contribution is 6.30. The molecule has 0 amide bonds. The quantitative estimate of drug-likeness (QED) is 0.690. The maximum Gasteiger partial charge on any atom is 0.298 e. The molecule has 104 valence electrons. The molecule has 0 bridgehead atoms. The first kappa shape index (κ1) is 12.9. The summed E-state index contributed by atoms with van der Waals surface area (Å²) in [4.78, 5) is 35.1. The predicted molar refractivity (Wildman–Crippen MR) is 69.8 cm³/mol. The third kappa shape index (κ3) is 1.77. The molecule has 0 radical (unpaired) electrons. The number of phenols is 2. The molecule has 0 unspecified atom stereocenters. The van der Waals surface area contributed by atoms with Crippen molar-refractivity contribution in [2.45, 2.75) is 0 Å². The fourth-order valence-electron chi connectivity index (χ4n) is 2.38. The van der Waals surface area contributed by atoms with Gasteiger partial charge in [-0.05, 0) is 12.1 Å². The highest BCUT2D eigenvalue weighted by Gasteiger charge is 2.34. The van der Waals surface area contributed by atoms with E-state index >= 15 is 0 Å². The van der Waals surface area contributed by atoms with E-state index in [0.717, 1.165) is 6.07 Å². The molecule has 0 aliphatic heterocycles. The molecule has 21 heavy (non-hydrogen) atoms. The Bertz CT molecular complexity index is 806. The molecule has 2 aromatic rings. The van der Waals surface area contributed by atoms with Gasteiger partial charge in [0.25, 0.3) is 6.47 Å². The number of benzene rings is 2. The van der Waals surface area contributed by atoms with Crippen LogP contribution in [-0.4, -0.2) is 28.3 Å². The van der Waals surface area contributed by atoms with Gasteiger partial charge in [0.15, 0.2) is 5.78 Å². The predicted octanol–water partition coefficient (Wildman–Crippen LogP) is 1.41. The molecule has 6 nitrogen and oxygen atoms in total. The number of carbonyl (C=O) groups excluding carboxylic acids is 3. The smallest absolute Gasteiger partial charge is 0.298 e. The molecular weight excluding hydrogens is 276 g/mol. The van der Waals surface area contributed by atoms with Gasteiger partial charge < -0.3 is 14.9 Å². The molecule has 3 rings (SSSR count). The molecule has 0 aromatic heterocycles. The van der Waals surface area contributed by atoms with Gasteiger partial charge in [0.2, 0.25) is 5.78 Å². The molecule has 1 aliphatic carbocycles. The molecule has 2 aromatic carbocycles. The summed E-state index contributed by atoms with van der Waals surface area (Å²) >= 11 is 0. The molecule has 0 saturated carbocycles. The molecular formula is C15H8O6. The Labute approximate surface area is 118 Å². The second-order valence-corrected chi connectivity index (χ2v) is 4.44. The minimum absolute atomic E-state index is 0.0372. The maximum atomic E-state index is 12.4. The second kappa shape index (κ2) is 4.45. The highest BCUT2D eigenvalue weighted by Crippen LogP contribution is 2.38. The summed E-state index contributed by atoms with van der Waals surface area (Å²) in [6, 6.07) is 6.40. The minimum Gasteiger partial charge on any atom is -0.507 e. The van der Waals surface area contributed by atoms with Crippen LogP contribution in [0, 0.1) is 0 Å². The summed E-state index contributed by atoms with van der Waals surface area (Å²) in [6.07, 6.45) is 0. The third-order valence-electron chi connectivity index (χ3n) is 3.26. The monoisotopic (exact) mass is 284 g/mol. The van der Waals surface area contributed by atoms with E-state index in [2.05, 4.69) is 4.74 Å². The molecule has 2 N–H and O–H groups in total. The van der Waals surface area contributed by atoms with Gasteiger partial charge >= 0.3 is 0 Å². The lowest BCUT2D eigenvalue weighted by Gasteiger charge is -2.19. The summed E-state index contributed by atoms with van der Waals surface area (Å²) in [5.41, 5.74) is -0.397. The summed E-state index contributed by atoms with van der Waals surface area (Å²) in [6.45, 7) is 0.149. The number of fused-ring (bicyclic) bond motifs is 2. The van der Waals surface area contributed by atoms with E-state index in [1.165, 1.54) is 24.3 Å². The van der Waals surface area contributed by atoms with Crippen LogP contribution >= 0.6 is 0 Å². The Hall–Kier alpha value is -3.15. The number of aromatic hydroxyl groups is 2. The summed E-state index contributed by atoms with van der Waals surface area (Å²) in [5.74, 6) is -2.07. The van der Waals surface area contributed by atoms with Crippen LogP contribution in [0.5, 0.6) is 17.2 Å². The number of ketones is 2. The zero-order chi connectivity index (χ0) is 15.1. The van der Waals surface area contributed by atoms with Crippen LogP contribution in [-0.2, 0) is 4.79 Å². The normalized spacial score (nSPS) is 12.6. The lowest BCUT2D eigenvalue weighted by atomic mass is 9.83. The SMILES string of the molecule is O=COc1cc(O)c2c(c1)C(=O)c1cccc(O)c1C2=O. The highest BCUT2D eigenvalue weighted by atomic mass is 16.5. The Kier molecular flexibility index (Phi) is 2.72. The van der Waals surface area contributed by atoms with Crippen LogP contribution in [0.1, 0.15) is 31.8 Å². The van der Waals surface area contributed by atoms with E-state index in [0.29, 0.717) is 0 Å². The number of hydrogen-bond acceptors (Lipinski definition) is 6. The summed E-state index contributed by atoms with van der Waals surface area (Å²) < 4.78 is 4.59. The first-order valence-electron chi connectivity index (χ1n) is 5.93. The average molecular weight is 284 g/mol. The third-order valence-corrected chi connectivity index (χ3v) is 3.26. The minimum atomic E-state index is -0.659. The second-order valence-electron chi connectivity index (χ2n) is 4.44. The number of carbonyl (C=O) groups is 3. The van der Waals surface area contributed by atoms with E-state index in [4.69, 9.17) is 0 Å². The van der Waals surface area contributed by atoms with Crippen LogP contribution in [0.25, 0.3) is 0 Å². The summed E-state index contributed by atoms with van der Waals surface area (Å²) in [5, 5.41) is 19.7. The molecule has 0 atom stereocenters. The Morgan fingerprint density at radius 3 is 2.33 bits per heavy atom. The van der Waals surface area contributed by atoms with Crippen molar-refractivity contribution in [3.63, 3.8) is 0 Å². The van der Waals surface area contributed by atoms with Crippen molar-refractivity contribution in [2.75, 3.05) is 0 Å². The van der Waals surface area contributed by atoms with Crippen LogP contribution in [0.3, 0.4) is 0 Å². The van der Waals surface area contributed by atoms with E-state index < -0.39 is 17.3 Å². The summed E-state index contributed by atoms with van der Waals surface area (Å²) in [7, 11) is 0. The lowest BCUT2D eigenvalue weighted by Crippen LogP contribution is -2.21. The Morgan fingerprint density at radius 1 is 0.905 bits per heavy atom. The number of rotatable bonds is 2. The first-order valence-corrected chi connectivity index (χ1v) is 5.93. The average Bonchev–Trinajstić information content (AvgIpc) is 2.44. The first-order chi connectivity index (χ1) is 10.0. The van der Waals surface area contributed by atoms with Crippen molar-refractivity contribution >= 4 is 18.0 Å². The van der Waals surface area contributed by atoms with Crippen LogP contribution < -0.4 is 4.74 Å². The van der Waals surface area contributed by atoms with Crippen LogP contribution in [0.4, 0.5) is 0 Å². The zero-order valence-corrected chi connectivity index (χ0v) is 10.5. The van der Waals surface area contributed by atoms with Gasteiger partial charge in [-0.25, -0.2) is 0 Å². The molecule has 0 fully saturated rings.